The lowest BCUT2D eigenvalue weighted by molar-refractivity contribution is -0.122. The van der Waals surface area contributed by atoms with Crippen LogP contribution >= 0.6 is 11.8 Å². The maximum Gasteiger partial charge on any atom is 0.247 e. The van der Waals surface area contributed by atoms with Crippen molar-refractivity contribution in [2.45, 2.75) is 68.7 Å². The van der Waals surface area contributed by atoms with Gasteiger partial charge in [0.1, 0.15) is 5.37 Å². The minimum atomic E-state index is -0.122. The highest BCUT2D eigenvalue weighted by molar-refractivity contribution is 8.01. The average molecular weight is 318 g/mol. The smallest absolute Gasteiger partial charge is 0.247 e. The summed E-state index contributed by atoms with van der Waals surface area (Å²) in [4.78, 5) is 12.5. The van der Waals surface area contributed by atoms with Gasteiger partial charge in [-0.25, -0.2) is 0 Å². The van der Waals surface area contributed by atoms with Gasteiger partial charge >= 0.3 is 0 Å². The zero-order chi connectivity index (χ0) is 15.5. The van der Waals surface area contributed by atoms with Crippen LogP contribution in [0.25, 0.3) is 0 Å². The second kappa shape index (κ2) is 7.05. The molecule has 0 spiro atoms. The van der Waals surface area contributed by atoms with E-state index in [9.17, 15) is 4.79 Å². The van der Waals surface area contributed by atoms with Gasteiger partial charge in [-0.15, -0.1) is 11.8 Å². The topological polar surface area (TPSA) is 41.1 Å². The van der Waals surface area contributed by atoms with Crippen molar-refractivity contribution in [1.82, 2.24) is 10.6 Å². The number of carbonyl (C=O) groups is 1. The van der Waals surface area contributed by atoms with Crippen LogP contribution in [0.15, 0.2) is 24.3 Å². The number of rotatable bonds is 3. The zero-order valence-corrected chi connectivity index (χ0v) is 14.3. The van der Waals surface area contributed by atoms with Gasteiger partial charge in [0, 0.05) is 17.3 Å². The molecule has 22 heavy (non-hydrogen) atoms. The van der Waals surface area contributed by atoms with Gasteiger partial charge in [0.15, 0.2) is 0 Å². The van der Waals surface area contributed by atoms with E-state index < -0.39 is 0 Å². The molecule has 3 unspecified atom stereocenters. The molecular weight excluding hydrogens is 292 g/mol. The van der Waals surface area contributed by atoms with Crippen molar-refractivity contribution in [2.24, 2.45) is 0 Å². The molecule has 1 aliphatic carbocycles. The van der Waals surface area contributed by atoms with Crippen LogP contribution in [0.1, 0.15) is 55.4 Å². The van der Waals surface area contributed by atoms with E-state index in [4.69, 9.17) is 0 Å². The number of nitrogens with one attached hydrogen (secondary N) is 2. The first-order chi connectivity index (χ1) is 10.6. The summed E-state index contributed by atoms with van der Waals surface area (Å²) in [6.45, 7) is 4.28. The molecule has 0 aromatic heterocycles. The Balaban J connectivity index is 1.59. The number of hydrogen-bond donors (Lipinski definition) is 2. The van der Waals surface area contributed by atoms with Gasteiger partial charge in [-0.2, -0.15) is 0 Å². The van der Waals surface area contributed by atoms with E-state index in [1.807, 2.05) is 0 Å². The maximum atomic E-state index is 12.5. The normalized spacial score (nSPS) is 29.5. The highest BCUT2D eigenvalue weighted by Gasteiger charge is 2.36. The Morgan fingerprint density at radius 1 is 1.18 bits per heavy atom. The average Bonchev–Trinajstić information content (AvgIpc) is 2.91. The summed E-state index contributed by atoms with van der Waals surface area (Å²) in [5.74, 6) is 0.165. The number of amides is 1. The lowest BCUT2D eigenvalue weighted by Gasteiger charge is -2.24. The molecule has 120 valence electrons. The lowest BCUT2D eigenvalue weighted by atomic mass is 9.95. The third kappa shape index (κ3) is 3.66. The van der Waals surface area contributed by atoms with Gasteiger partial charge < -0.3 is 5.32 Å². The molecule has 1 aromatic rings. The van der Waals surface area contributed by atoms with Crippen molar-refractivity contribution < 1.29 is 4.79 Å². The van der Waals surface area contributed by atoms with Crippen LogP contribution in [0.5, 0.6) is 0 Å². The molecule has 1 saturated carbocycles. The standard InChI is InChI=1S/C18H26N2OS/c1-12-8-10-14(11-9-12)16-13(2)19-18(22-16)17(21)20-15-6-4-3-5-7-15/h8-11,13,15-16,18-19H,3-7H2,1-2H3,(H,20,21). The molecule has 3 rings (SSSR count). The van der Waals surface area contributed by atoms with Gasteiger partial charge in [-0.05, 0) is 32.3 Å². The summed E-state index contributed by atoms with van der Waals surface area (Å²) >= 11 is 1.75. The first-order valence-electron chi connectivity index (χ1n) is 8.42. The largest absolute Gasteiger partial charge is 0.351 e. The van der Waals surface area contributed by atoms with Crippen molar-refractivity contribution in [3.63, 3.8) is 0 Å². The summed E-state index contributed by atoms with van der Waals surface area (Å²) < 4.78 is 0. The Kier molecular flexibility index (Phi) is 5.09. The Morgan fingerprint density at radius 3 is 2.55 bits per heavy atom. The van der Waals surface area contributed by atoms with Crippen LogP contribution in [0.3, 0.4) is 0 Å². The van der Waals surface area contributed by atoms with Crippen LogP contribution in [0.4, 0.5) is 0 Å². The Bertz CT molecular complexity index is 510. The molecule has 1 saturated heterocycles. The lowest BCUT2D eigenvalue weighted by Crippen LogP contribution is -2.45. The first kappa shape index (κ1) is 15.9. The Morgan fingerprint density at radius 2 is 1.86 bits per heavy atom. The fourth-order valence-corrected chi connectivity index (χ4v) is 4.82. The van der Waals surface area contributed by atoms with Crippen LogP contribution in [0.2, 0.25) is 0 Å². The molecule has 0 radical (unpaired) electrons. The molecule has 2 fully saturated rings. The molecule has 1 aliphatic heterocycles. The predicted molar refractivity (Wildman–Crippen MR) is 92.9 cm³/mol. The Hall–Kier alpha value is -1.00. The summed E-state index contributed by atoms with van der Waals surface area (Å²) in [5, 5.41) is 6.93. The van der Waals surface area contributed by atoms with E-state index >= 15 is 0 Å². The zero-order valence-electron chi connectivity index (χ0n) is 13.5. The van der Waals surface area contributed by atoms with Crippen LogP contribution < -0.4 is 10.6 Å². The van der Waals surface area contributed by atoms with Crippen molar-refractivity contribution in [3.05, 3.63) is 35.4 Å². The molecule has 1 amide bonds. The van der Waals surface area contributed by atoms with E-state index in [1.165, 1.54) is 30.4 Å². The molecule has 2 N–H and O–H groups in total. The number of hydrogen-bond acceptors (Lipinski definition) is 3. The number of benzene rings is 1. The fraction of sp³-hybridized carbons (Fsp3) is 0.611. The SMILES string of the molecule is Cc1ccc(C2SC(C(=O)NC3CCCCC3)NC2C)cc1. The molecular formula is C18H26N2OS. The minimum Gasteiger partial charge on any atom is -0.351 e. The molecule has 4 heteroatoms. The van der Waals surface area contributed by atoms with Crippen LogP contribution in [-0.2, 0) is 4.79 Å². The van der Waals surface area contributed by atoms with Crippen molar-refractivity contribution in [2.75, 3.05) is 0 Å². The molecule has 2 aliphatic rings. The summed E-state index contributed by atoms with van der Waals surface area (Å²) in [6.07, 6.45) is 6.09. The number of aryl methyl sites for hydroxylation is 1. The second-order valence-electron chi connectivity index (χ2n) is 6.65. The van der Waals surface area contributed by atoms with Crippen molar-refractivity contribution in [1.29, 1.82) is 0 Å². The van der Waals surface area contributed by atoms with E-state index in [0.29, 0.717) is 17.3 Å². The number of thioether (sulfide) groups is 1. The highest BCUT2D eigenvalue weighted by Crippen LogP contribution is 2.40. The quantitative estimate of drug-likeness (QED) is 0.896. The summed E-state index contributed by atoms with van der Waals surface area (Å²) in [6, 6.07) is 9.38. The minimum absolute atomic E-state index is 0.122. The summed E-state index contributed by atoms with van der Waals surface area (Å²) in [7, 11) is 0. The van der Waals surface area contributed by atoms with Gasteiger partial charge in [0.25, 0.3) is 0 Å². The van der Waals surface area contributed by atoms with Crippen LogP contribution in [0, 0.1) is 6.92 Å². The van der Waals surface area contributed by atoms with Crippen molar-refractivity contribution in [3.8, 4) is 0 Å². The van der Waals surface area contributed by atoms with E-state index in [2.05, 4.69) is 48.7 Å². The molecule has 1 aromatic carbocycles. The molecule has 0 bridgehead atoms. The van der Waals surface area contributed by atoms with E-state index in [0.717, 1.165) is 12.8 Å². The first-order valence-corrected chi connectivity index (χ1v) is 9.36. The van der Waals surface area contributed by atoms with Gasteiger partial charge in [-0.1, -0.05) is 49.1 Å². The fourth-order valence-electron chi connectivity index (χ4n) is 3.41. The van der Waals surface area contributed by atoms with Gasteiger partial charge in [0.2, 0.25) is 5.91 Å². The van der Waals surface area contributed by atoms with Crippen LogP contribution in [-0.4, -0.2) is 23.4 Å². The van der Waals surface area contributed by atoms with Gasteiger partial charge in [-0.3, -0.25) is 10.1 Å². The third-order valence-corrected chi connectivity index (χ3v) is 6.34. The number of carbonyl (C=O) groups excluding carboxylic acids is 1. The van der Waals surface area contributed by atoms with Gasteiger partial charge in [0.05, 0.1) is 0 Å². The molecule has 1 heterocycles. The maximum absolute atomic E-state index is 12.5. The summed E-state index contributed by atoms with van der Waals surface area (Å²) in [5.41, 5.74) is 2.59. The molecule has 3 nitrogen and oxygen atoms in total. The third-order valence-electron chi connectivity index (χ3n) is 4.75. The second-order valence-corrected chi connectivity index (χ2v) is 7.90. The highest BCUT2D eigenvalue weighted by atomic mass is 32.2. The predicted octanol–water partition coefficient (Wildman–Crippen LogP) is 3.54. The molecule has 3 atom stereocenters. The van der Waals surface area contributed by atoms with Crippen molar-refractivity contribution >= 4 is 17.7 Å². The van der Waals surface area contributed by atoms with E-state index in [1.54, 1.807) is 11.8 Å². The monoisotopic (exact) mass is 318 g/mol. The Labute approximate surface area is 137 Å². The van der Waals surface area contributed by atoms with E-state index in [-0.39, 0.29) is 11.3 Å².